The number of aromatic hydroxyl groups is 2. The number of likely N-dealkylation sites (N-methyl/N-ethyl adjacent to an activating group) is 1. The zero-order valence-corrected chi connectivity index (χ0v) is 17.9. The van der Waals surface area contributed by atoms with Crippen LogP contribution >= 0.6 is 0 Å². The molecule has 0 saturated carbocycles. The molecule has 0 bridgehead atoms. The quantitative estimate of drug-likeness (QED) is 0.326. The van der Waals surface area contributed by atoms with Gasteiger partial charge in [-0.25, -0.2) is 9.07 Å². The molecule has 5 N–H and O–H groups in total. The Morgan fingerprint density at radius 3 is 2.59 bits per heavy atom. The molecule has 11 nitrogen and oxygen atoms in total. The van der Waals surface area contributed by atoms with Gasteiger partial charge in [-0.15, -0.1) is 5.10 Å². The third-order valence-corrected chi connectivity index (χ3v) is 5.73. The molecule has 3 aromatic rings. The largest absolute Gasteiger partial charge is 0.504 e. The fourth-order valence-corrected chi connectivity index (χ4v) is 3.89. The van der Waals surface area contributed by atoms with Crippen LogP contribution in [0.25, 0.3) is 11.3 Å². The number of aliphatic hydroxyl groups is 3. The molecule has 0 aliphatic carbocycles. The van der Waals surface area contributed by atoms with E-state index in [1.807, 2.05) is 0 Å². The number of ether oxygens (including phenoxy) is 1. The molecule has 5 atom stereocenters. The van der Waals surface area contributed by atoms with Gasteiger partial charge in [0.05, 0.1) is 12.8 Å². The van der Waals surface area contributed by atoms with Crippen molar-refractivity contribution < 1.29 is 39.5 Å². The molecular weight excluding hydrogens is 451 g/mol. The van der Waals surface area contributed by atoms with Crippen LogP contribution in [0.4, 0.5) is 4.39 Å². The molecule has 1 saturated heterocycles. The molecule has 1 fully saturated rings. The van der Waals surface area contributed by atoms with Crippen molar-refractivity contribution in [1.29, 1.82) is 0 Å². The fraction of sp³-hybridized carbons (Fsp3) is 0.318. The van der Waals surface area contributed by atoms with Gasteiger partial charge in [0.2, 0.25) is 0 Å². The van der Waals surface area contributed by atoms with E-state index in [1.165, 1.54) is 42.2 Å². The van der Waals surface area contributed by atoms with Crippen LogP contribution in [0.5, 0.6) is 11.5 Å². The second kappa shape index (κ2) is 9.35. The van der Waals surface area contributed by atoms with E-state index in [9.17, 15) is 34.7 Å². The van der Waals surface area contributed by atoms with Crippen molar-refractivity contribution in [2.45, 2.75) is 30.6 Å². The first-order valence-electron chi connectivity index (χ1n) is 10.3. The highest BCUT2D eigenvalue weighted by atomic mass is 19.1. The molecule has 1 aliphatic heterocycles. The average molecular weight is 474 g/mol. The van der Waals surface area contributed by atoms with Gasteiger partial charge >= 0.3 is 0 Å². The molecule has 1 aliphatic rings. The normalized spacial score (nSPS) is 24.7. The summed E-state index contributed by atoms with van der Waals surface area (Å²) in [5.74, 6) is -2.04. The third-order valence-electron chi connectivity index (χ3n) is 5.73. The first kappa shape index (κ1) is 23.6. The van der Waals surface area contributed by atoms with Crippen LogP contribution in [0.15, 0.2) is 48.7 Å². The summed E-state index contributed by atoms with van der Waals surface area (Å²) in [5, 5.41) is 58.6. The number of carbonyl (C=O) groups excluding carboxylic acids is 1. The SMILES string of the molecule is CN(C(=O)c1ccc(O)c(O)c1)[C@@H]1OC(CO)[C@H](O)C(n2cc(-c3cccc(F)c3)nn2)C1O. The summed E-state index contributed by atoms with van der Waals surface area (Å²) in [4.78, 5) is 14.0. The first-order valence-corrected chi connectivity index (χ1v) is 10.3. The molecule has 1 aromatic heterocycles. The van der Waals surface area contributed by atoms with Crippen LogP contribution in [0.3, 0.4) is 0 Å². The first-order chi connectivity index (χ1) is 16.2. The van der Waals surface area contributed by atoms with Crippen molar-refractivity contribution in [3.05, 3.63) is 60.0 Å². The van der Waals surface area contributed by atoms with Gasteiger partial charge in [0, 0.05) is 18.2 Å². The summed E-state index contributed by atoms with van der Waals surface area (Å²) in [6, 6.07) is 7.95. The van der Waals surface area contributed by atoms with Gasteiger partial charge in [0.25, 0.3) is 5.91 Å². The van der Waals surface area contributed by atoms with Crippen LogP contribution in [0, 0.1) is 5.82 Å². The Bertz CT molecular complexity index is 1190. The van der Waals surface area contributed by atoms with Crippen LogP contribution < -0.4 is 0 Å². The van der Waals surface area contributed by atoms with Gasteiger partial charge < -0.3 is 35.2 Å². The maximum Gasteiger partial charge on any atom is 0.255 e. The summed E-state index contributed by atoms with van der Waals surface area (Å²) < 4.78 is 20.4. The molecule has 4 rings (SSSR count). The molecule has 0 radical (unpaired) electrons. The topological polar surface area (TPSA) is 161 Å². The minimum absolute atomic E-state index is 0.00552. The highest BCUT2D eigenvalue weighted by molar-refractivity contribution is 5.94. The molecular formula is C22H23FN4O7. The van der Waals surface area contributed by atoms with Crippen LogP contribution in [0.1, 0.15) is 16.4 Å². The van der Waals surface area contributed by atoms with E-state index < -0.39 is 60.4 Å². The smallest absolute Gasteiger partial charge is 0.255 e. The number of phenols is 2. The predicted octanol–water partition coefficient (Wildman–Crippen LogP) is 0.248. The highest BCUT2D eigenvalue weighted by Gasteiger charge is 2.48. The van der Waals surface area contributed by atoms with Crippen molar-refractivity contribution in [1.82, 2.24) is 19.9 Å². The number of nitrogens with zero attached hydrogens (tertiary/aromatic N) is 4. The number of hydrogen-bond acceptors (Lipinski definition) is 9. The average Bonchev–Trinajstić information content (AvgIpc) is 3.30. The van der Waals surface area contributed by atoms with Gasteiger partial charge in [0.1, 0.15) is 35.9 Å². The van der Waals surface area contributed by atoms with Crippen LogP contribution in [-0.2, 0) is 4.74 Å². The van der Waals surface area contributed by atoms with Crippen molar-refractivity contribution in [3.63, 3.8) is 0 Å². The number of rotatable bonds is 5. The lowest BCUT2D eigenvalue weighted by molar-refractivity contribution is -0.235. The minimum atomic E-state index is -1.51. The van der Waals surface area contributed by atoms with E-state index in [0.717, 1.165) is 17.0 Å². The van der Waals surface area contributed by atoms with Crippen LogP contribution in [0.2, 0.25) is 0 Å². The fourth-order valence-electron chi connectivity index (χ4n) is 3.89. The van der Waals surface area contributed by atoms with E-state index >= 15 is 0 Å². The maximum absolute atomic E-state index is 13.6. The van der Waals surface area contributed by atoms with Gasteiger partial charge in [-0.3, -0.25) is 4.79 Å². The monoisotopic (exact) mass is 474 g/mol. The molecule has 3 unspecified atom stereocenters. The predicted molar refractivity (Wildman–Crippen MR) is 114 cm³/mol. The van der Waals surface area contributed by atoms with Gasteiger partial charge in [-0.05, 0) is 30.3 Å². The van der Waals surface area contributed by atoms with E-state index in [-0.39, 0.29) is 11.3 Å². The second-order valence-corrected chi connectivity index (χ2v) is 7.93. The molecule has 0 spiro atoms. The van der Waals surface area contributed by atoms with Crippen LogP contribution in [-0.4, -0.2) is 89.5 Å². The lowest BCUT2D eigenvalue weighted by Crippen LogP contribution is -2.61. The number of hydrogen-bond donors (Lipinski definition) is 5. The summed E-state index contributed by atoms with van der Waals surface area (Å²) in [7, 11) is 1.34. The number of benzene rings is 2. The van der Waals surface area contributed by atoms with E-state index in [0.29, 0.717) is 5.56 Å². The molecule has 2 aromatic carbocycles. The number of phenolic OH excluding ortho intramolecular Hbond substituents is 2. The van der Waals surface area contributed by atoms with Crippen molar-refractivity contribution >= 4 is 5.91 Å². The van der Waals surface area contributed by atoms with Crippen molar-refractivity contribution in [3.8, 4) is 22.8 Å². The second-order valence-electron chi connectivity index (χ2n) is 7.93. The molecule has 1 amide bonds. The molecule has 2 heterocycles. The summed E-state index contributed by atoms with van der Waals surface area (Å²) in [6.07, 6.45) is -4.03. The van der Waals surface area contributed by atoms with Crippen molar-refractivity contribution in [2.75, 3.05) is 13.7 Å². The maximum atomic E-state index is 13.6. The number of carbonyl (C=O) groups is 1. The molecule has 34 heavy (non-hydrogen) atoms. The lowest BCUT2D eigenvalue weighted by Gasteiger charge is -2.45. The number of aliphatic hydroxyl groups excluding tert-OH is 3. The van der Waals surface area contributed by atoms with E-state index in [4.69, 9.17) is 4.74 Å². The molecule has 12 heteroatoms. The standard InChI is InChI=1S/C22H23FN4O7/c1-26(21(33)12-5-6-15(29)16(30)8-12)22-20(32)18(19(31)17(10-28)34-22)27-9-14(24-25-27)11-3-2-4-13(23)7-11/h2-9,17-20,22,28-32H,10H2,1H3/t17?,18?,19-,20?,22+/m0/s1. The zero-order chi connectivity index (χ0) is 24.6. The Morgan fingerprint density at radius 2 is 1.91 bits per heavy atom. The molecule has 180 valence electrons. The third kappa shape index (κ3) is 4.31. The lowest BCUT2D eigenvalue weighted by atomic mass is 9.94. The zero-order valence-electron chi connectivity index (χ0n) is 17.9. The Labute approximate surface area is 192 Å². The summed E-state index contributed by atoms with van der Waals surface area (Å²) in [6.45, 7) is -0.617. The van der Waals surface area contributed by atoms with E-state index in [1.54, 1.807) is 6.07 Å². The number of halogens is 1. The highest BCUT2D eigenvalue weighted by Crippen LogP contribution is 2.33. The summed E-state index contributed by atoms with van der Waals surface area (Å²) >= 11 is 0. The van der Waals surface area contributed by atoms with Crippen molar-refractivity contribution in [2.24, 2.45) is 0 Å². The summed E-state index contributed by atoms with van der Waals surface area (Å²) in [5.41, 5.74) is 0.717. The minimum Gasteiger partial charge on any atom is -0.504 e. The Morgan fingerprint density at radius 1 is 1.15 bits per heavy atom. The van der Waals surface area contributed by atoms with Gasteiger partial charge in [-0.2, -0.15) is 0 Å². The van der Waals surface area contributed by atoms with E-state index in [2.05, 4.69) is 10.3 Å². The number of aromatic nitrogens is 3. The Kier molecular flexibility index (Phi) is 6.48. The number of amides is 1. The Balaban J connectivity index is 1.63. The Hall–Kier alpha value is -3.58. The van der Waals surface area contributed by atoms with Gasteiger partial charge in [-0.1, -0.05) is 17.3 Å². The van der Waals surface area contributed by atoms with Gasteiger partial charge in [0.15, 0.2) is 17.7 Å².